The molecule has 1 aromatic carbocycles. The first kappa shape index (κ1) is 18.0. The number of nitrogens with zero attached hydrogens (tertiary/aromatic N) is 3. The predicted octanol–water partition coefficient (Wildman–Crippen LogP) is 1.75. The van der Waals surface area contributed by atoms with Gasteiger partial charge in [0.2, 0.25) is 10.0 Å². The topological polar surface area (TPSA) is 70.2 Å². The van der Waals surface area contributed by atoms with Crippen LogP contribution in [0.2, 0.25) is 0 Å². The van der Waals surface area contributed by atoms with Crippen LogP contribution in [-0.2, 0) is 14.8 Å². The lowest BCUT2D eigenvalue weighted by Crippen LogP contribution is -2.50. The summed E-state index contributed by atoms with van der Waals surface area (Å²) in [6.45, 7) is 5.41. The summed E-state index contributed by atoms with van der Waals surface area (Å²) in [5, 5.41) is 0. The summed E-state index contributed by atoms with van der Waals surface area (Å²) in [4.78, 5) is 15.8. The minimum absolute atomic E-state index is 0.287. The molecule has 25 heavy (non-hydrogen) atoms. The van der Waals surface area contributed by atoms with Gasteiger partial charge in [-0.1, -0.05) is 0 Å². The van der Waals surface area contributed by atoms with Gasteiger partial charge in [-0.3, -0.25) is 0 Å². The number of carbonyl (C=O) groups excluding carboxylic acids is 1. The Morgan fingerprint density at radius 1 is 1.00 bits per heavy atom. The van der Waals surface area contributed by atoms with Crippen molar-refractivity contribution in [3.63, 3.8) is 0 Å². The SMILES string of the molecule is CCOC(=O)N1CCN(S(=O)(=O)c2ccc(N3CCCC3)cc2)CC1. The van der Waals surface area contributed by atoms with Crippen LogP contribution in [0.4, 0.5) is 10.5 Å². The molecule has 7 nitrogen and oxygen atoms in total. The highest BCUT2D eigenvalue weighted by Gasteiger charge is 2.30. The first-order valence-corrected chi connectivity index (χ1v) is 10.2. The second kappa shape index (κ2) is 7.61. The van der Waals surface area contributed by atoms with Crippen LogP contribution in [0.25, 0.3) is 0 Å². The summed E-state index contributed by atoms with van der Waals surface area (Å²) in [7, 11) is -3.53. The van der Waals surface area contributed by atoms with E-state index in [1.54, 1.807) is 24.0 Å². The molecule has 0 radical (unpaired) electrons. The maximum Gasteiger partial charge on any atom is 0.409 e. The van der Waals surface area contributed by atoms with Crippen LogP contribution in [-0.4, -0.2) is 69.6 Å². The van der Waals surface area contributed by atoms with Crippen molar-refractivity contribution in [2.24, 2.45) is 0 Å². The second-order valence-corrected chi connectivity index (χ2v) is 8.22. The smallest absolute Gasteiger partial charge is 0.409 e. The maximum atomic E-state index is 12.8. The van der Waals surface area contributed by atoms with Gasteiger partial charge in [-0.25, -0.2) is 13.2 Å². The highest BCUT2D eigenvalue weighted by atomic mass is 32.2. The van der Waals surface area contributed by atoms with Gasteiger partial charge in [0, 0.05) is 45.0 Å². The van der Waals surface area contributed by atoms with Crippen LogP contribution >= 0.6 is 0 Å². The zero-order valence-electron chi connectivity index (χ0n) is 14.6. The van der Waals surface area contributed by atoms with Crippen LogP contribution in [0.1, 0.15) is 19.8 Å². The first-order chi connectivity index (χ1) is 12.0. The average molecular weight is 367 g/mol. The molecule has 2 heterocycles. The molecule has 0 unspecified atom stereocenters. The van der Waals surface area contributed by atoms with Crippen molar-refractivity contribution in [3.8, 4) is 0 Å². The molecule has 3 rings (SSSR count). The number of hydrogen-bond donors (Lipinski definition) is 0. The Bertz CT molecular complexity index is 691. The molecule has 2 fully saturated rings. The van der Waals surface area contributed by atoms with E-state index in [-0.39, 0.29) is 19.2 Å². The molecule has 2 aliphatic rings. The summed E-state index contributed by atoms with van der Waals surface area (Å²) in [5.41, 5.74) is 1.07. The lowest BCUT2D eigenvalue weighted by molar-refractivity contribution is 0.0934. The third kappa shape index (κ3) is 3.90. The zero-order valence-corrected chi connectivity index (χ0v) is 15.4. The van der Waals surface area contributed by atoms with Gasteiger partial charge in [0.15, 0.2) is 0 Å². The van der Waals surface area contributed by atoms with Gasteiger partial charge < -0.3 is 14.5 Å². The van der Waals surface area contributed by atoms with E-state index in [2.05, 4.69) is 4.90 Å². The van der Waals surface area contributed by atoms with E-state index in [1.165, 1.54) is 17.1 Å². The molecule has 2 aliphatic heterocycles. The van der Waals surface area contributed by atoms with Crippen LogP contribution in [0, 0.1) is 0 Å². The van der Waals surface area contributed by atoms with E-state index in [0.29, 0.717) is 24.6 Å². The summed E-state index contributed by atoms with van der Waals surface area (Å²) in [6.07, 6.45) is 1.99. The van der Waals surface area contributed by atoms with Gasteiger partial charge in [-0.2, -0.15) is 4.31 Å². The number of amides is 1. The lowest BCUT2D eigenvalue weighted by atomic mass is 10.3. The third-order valence-electron chi connectivity index (χ3n) is 4.71. The van der Waals surface area contributed by atoms with Crippen LogP contribution < -0.4 is 4.90 Å². The van der Waals surface area contributed by atoms with E-state index >= 15 is 0 Å². The van der Waals surface area contributed by atoms with E-state index in [4.69, 9.17) is 4.74 Å². The van der Waals surface area contributed by atoms with Gasteiger partial charge in [-0.05, 0) is 44.0 Å². The number of anilines is 1. The fourth-order valence-electron chi connectivity index (χ4n) is 3.28. The number of piperazine rings is 1. The quantitative estimate of drug-likeness (QED) is 0.811. The highest BCUT2D eigenvalue weighted by Crippen LogP contribution is 2.24. The van der Waals surface area contributed by atoms with Crippen LogP contribution in [0.15, 0.2) is 29.2 Å². The van der Waals surface area contributed by atoms with Crippen molar-refractivity contribution < 1.29 is 17.9 Å². The van der Waals surface area contributed by atoms with Gasteiger partial charge in [0.05, 0.1) is 11.5 Å². The van der Waals surface area contributed by atoms with Crippen molar-refractivity contribution in [1.29, 1.82) is 0 Å². The number of hydrogen-bond acceptors (Lipinski definition) is 5. The Balaban J connectivity index is 1.65. The molecular formula is C17H25N3O4S. The van der Waals surface area contributed by atoms with Gasteiger partial charge in [0.25, 0.3) is 0 Å². The molecule has 2 saturated heterocycles. The maximum absolute atomic E-state index is 12.8. The molecule has 1 amide bonds. The molecule has 0 spiro atoms. The Kier molecular flexibility index (Phi) is 5.48. The van der Waals surface area contributed by atoms with E-state index in [1.807, 2.05) is 12.1 Å². The predicted molar refractivity (Wildman–Crippen MR) is 95.2 cm³/mol. The zero-order chi connectivity index (χ0) is 17.9. The fourth-order valence-corrected chi connectivity index (χ4v) is 4.70. The van der Waals surface area contributed by atoms with Crippen molar-refractivity contribution in [1.82, 2.24) is 9.21 Å². The Labute approximate surface area is 149 Å². The average Bonchev–Trinajstić information content (AvgIpc) is 3.17. The number of sulfonamides is 1. The largest absolute Gasteiger partial charge is 0.450 e. The molecule has 0 saturated carbocycles. The van der Waals surface area contributed by atoms with Crippen molar-refractivity contribution in [3.05, 3.63) is 24.3 Å². The molecule has 8 heteroatoms. The number of rotatable bonds is 4. The number of carbonyl (C=O) groups is 1. The summed E-state index contributed by atoms with van der Waals surface area (Å²) in [6, 6.07) is 7.13. The molecule has 1 aromatic rings. The summed E-state index contributed by atoms with van der Waals surface area (Å²) < 4.78 is 32.0. The van der Waals surface area contributed by atoms with Crippen molar-refractivity contribution in [2.75, 3.05) is 50.8 Å². The molecule has 0 aliphatic carbocycles. The van der Waals surface area contributed by atoms with Gasteiger partial charge in [-0.15, -0.1) is 0 Å². The van der Waals surface area contributed by atoms with Crippen molar-refractivity contribution in [2.45, 2.75) is 24.7 Å². The van der Waals surface area contributed by atoms with E-state index < -0.39 is 10.0 Å². The van der Waals surface area contributed by atoms with Crippen LogP contribution in [0.5, 0.6) is 0 Å². The minimum atomic E-state index is -3.53. The Morgan fingerprint density at radius 3 is 2.16 bits per heavy atom. The van der Waals surface area contributed by atoms with Crippen LogP contribution in [0.3, 0.4) is 0 Å². The Morgan fingerprint density at radius 2 is 1.60 bits per heavy atom. The lowest BCUT2D eigenvalue weighted by Gasteiger charge is -2.33. The van der Waals surface area contributed by atoms with E-state index in [0.717, 1.165) is 18.8 Å². The normalized spacial score (nSPS) is 19.2. The summed E-state index contributed by atoms with van der Waals surface area (Å²) in [5.74, 6) is 0. The molecule has 0 aromatic heterocycles. The third-order valence-corrected chi connectivity index (χ3v) is 6.62. The van der Waals surface area contributed by atoms with Gasteiger partial charge in [0.1, 0.15) is 0 Å². The highest BCUT2D eigenvalue weighted by molar-refractivity contribution is 7.89. The number of benzene rings is 1. The monoisotopic (exact) mass is 367 g/mol. The molecule has 138 valence electrons. The van der Waals surface area contributed by atoms with E-state index in [9.17, 15) is 13.2 Å². The fraction of sp³-hybridized carbons (Fsp3) is 0.588. The first-order valence-electron chi connectivity index (χ1n) is 8.79. The molecule has 0 atom stereocenters. The van der Waals surface area contributed by atoms with Gasteiger partial charge >= 0.3 is 6.09 Å². The standard InChI is InChI=1S/C17H25N3O4S/c1-2-24-17(21)19-11-13-20(14-12-19)25(22,23)16-7-5-15(6-8-16)18-9-3-4-10-18/h5-8H,2-4,9-14H2,1H3. The number of ether oxygens (including phenoxy) is 1. The second-order valence-electron chi connectivity index (χ2n) is 6.28. The Hall–Kier alpha value is -1.80. The molecular weight excluding hydrogens is 342 g/mol. The summed E-state index contributed by atoms with van der Waals surface area (Å²) >= 11 is 0. The molecule has 0 bridgehead atoms. The van der Waals surface area contributed by atoms with Crippen molar-refractivity contribution >= 4 is 21.8 Å². The molecule has 0 N–H and O–H groups in total. The minimum Gasteiger partial charge on any atom is -0.450 e.